The van der Waals surface area contributed by atoms with E-state index in [-0.39, 0.29) is 11.7 Å². The Morgan fingerprint density at radius 1 is 1.17 bits per heavy atom. The fraction of sp³-hybridized carbons (Fsp3) is 0.375. The highest BCUT2D eigenvalue weighted by atomic mass is 32.2. The van der Waals surface area contributed by atoms with Gasteiger partial charge in [0.1, 0.15) is 12.7 Å². The van der Waals surface area contributed by atoms with E-state index in [9.17, 15) is 4.79 Å². The van der Waals surface area contributed by atoms with Crippen LogP contribution >= 0.6 is 11.8 Å². The van der Waals surface area contributed by atoms with Gasteiger partial charge in [-0.05, 0) is 47.9 Å². The number of ether oxygens (including phenoxy) is 2. The third-order valence-corrected chi connectivity index (χ3v) is 5.91. The second-order valence-corrected chi connectivity index (χ2v) is 8.91. The number of pyridine rings is 1. The summed E-state index contributed by atoms with van der Waals surface area (Å²) in [6.45, 7) is 6.59. The summed E-state index contributed by atoms with van der Waals surface area (Å²) in [4.78, 5) is 14.4. The summed E-state index contributed by atoms with van der Waals surface area (Å²) in [6, 6.07) is 16.0. The van der Waals surface area contributed by atoms with Gasteiger partial charge in [0, 0.05) is 30.1 Å². The summed E-state index contributed by atoms with van der Waals surface area (Å²) in [5.41, 5.74) is 1.86. The standard InChI is InChI=1S/C24H28N2O3S/c1-16(2)14-26-21-11-20(30-3)9-8-17(21)10-18(24(26)27)12-25-13-19-15-28-22-6-4-5-7-23(22)29-19/h4-11,16,19,25H,12-15H2,1-3H3/t19-/m1/s1. The number of aromatic nitrogens is 1. The molecule has 1 N–H and O–H groups in total. The molecule has 0 saturated carbocycles. The Labute approximate surface area is 181 Å². The quantitative estimate of drug-likeness (QED) is 0.573. The Balaban J connectivity index is 1.51. The van der Waals surface area contributed by atoms with Crippen molar-refractivity contribution in [3.8, 4) is 11.5 Å². The van der Waals surface area contributed by atoms with E-state index in [1.54, 1.807) is 11.8 Å². The van der Waals surface area contributed by atoms with Crippen molar-refractivity contribution in [2.24, 2.45) is 5.92 Å². The highest BCUT2D eigenvalue weighted by molar-refractivity contribution is 7.98. The van der Waals surface area contributed by atoms with Crippen LogP contribution in [0, 0.1) is 5.92 Å². The lowest BCUT2D eigenvalue weighted by Gasteiger charge is -2.26. The van der Waals surface area contributed by atoms with Crippen LogP contribution in [0.25, 0.3) is 10.9 Å². The second-order valence-electron chi connectivity index (χ2n) is 8.03. The summed E-state index contributed by atoms with van der Waals surface area (Å²) in [7, 11) is 0. The zero-order chi connectivity index (χ0) is 21.1. The summed E-state index contributed by atoms with van der Waals surface area (Å²) in [5, 5.41) is 4.48. The smallest absolute Gasteiger partial charge is 0.255 e. The zero-order valence-corrected chi connectivity index (χ0v) is 18.5. The van der Waals surface area contributed by atoms with Gasteiger partial charge in [-0.2, -0.15) is 0 Å². The maximum Gasteiger partial charge on any atom is 0.255 e. The molecule has 0 aliphatic carbocycles. The number of rotatable bonds is 7. The molecule has 30 heavy (non-hydrogen) atoms. The van der Waals surface area contributed by atoms with Crippen LogP contribution in [0.4, 0.5) is 0 Å². The maximum absolute atomic E-state index is 13.2. The van der Waals surface area contributed by atoms with E-state index in [1.165, 1.54) is 4.90 Å². The minimum Gasteiger partial charge on any atom is -0.486 e. The van der Waals surface area contributed by atoms with Crippen molar-refractivity contribution in [1.29, 1.82) is 0 Å². The molecule has 1 atom stereocenters. The largest absolute Gasteiger partial charge is 0.486 e. The van der Waals surface area contributed by atoms with Gasteiger partial charge in [0.25, 0.3) is 5.56 Å². The lowest BCUT2D eigenvalue weighted by atomic mass is 10.1. The van der Waals surface area contributed by atoms with Gasteiger partial charge in [0.15, 0.2) is 11.5 Å². The first-order chi connectivity index (χ1) is 14.5. The lowest BCUT2D eigenvalue weighted by Crippen LogP contribution is -2.39. The van der Waals surface area contributed by atoms with Gasteiger partial charge in [-0.3, -0.25) is 4.79 Å². The summed E-state index contributed by atoms with van der Waals surface area (Å²) >= 11 is 1.69. The Morgan fingerprint density at radius 2 is 1.97 bits per heavy atom. The first kappa shape index (κ1) is 20.8. The molecule has 158 valence electrons. The highest BCUT2D eigenvalue weighted by Gasteiger charge is 2.20. The van der Waals surface area contributed by atoms with Crippen molar-refractivity contribution in [2.45, 2.75) is 37.9 Å². The molecule has 0 saturated heterocycles. The van der Waals surface area contributed by atoms with Gasteiger partial charge < -0.3 is 19.4 Å². The van der Waals surface area contributed by atoms with Gasteiger partial charge in [0.2, 0.25) is 0 Å². The van der Waals surface area contributed by atoms with Crippen LogP contribution in [0.1, 0.15) is 19.4 Å². The molecule has 0 amide bonds. The fourth-order valence-electron chi connectivity index (χ4n) is 3.74. The van der Waals surface area contributed by atoms with Crippen LogP contribution in [0.2, 0.25) is 0 Å². The topological polar surface area (TPSA) is 52.5 Å². The van der Waals surface area contributed by atoms with E-state index in [4.69, 9.17) is 9.47 Å². The molecule has 5 nitrogen and oxygen atoms in total. The minimum atomic E-state index is -0.0811. The minimum absolute atomic E-state index is 0.0770. The number of benzene rings is 2. The molecule has 0 bridgehead atoms. The van der Waals surface area contributed by atoms with Gasteiger partial charge >= 0.3 is 0 Å². The van der Waals surface area contributed by atoms with Crippen molar-refractivity contribution in [3.05, 3.63) is 64.4 Å². The average Bonchev–Trinajstić information content (AvgIpc) is 2.75. The molecule has 6 heteroatoms. The SMILES string of the molecule is CSc1ccc2cc(CNC[C@@H]3COc4ccccc4O3)c(=O)n(CC(C)C)c2c1. The van der Waals surface area contributed by atoms with Crippen LogP contribution in [-0.2, 0) is 13.1 Å². The molecule has 4 rings (SSSR count). The number of hydrogen-bond acceptors (Lipinski definition) is 5. The molecule has 1 aromatic heterocycles. The van der Waals surface area contributed by atoms with E-state index >= 15 is 0 Å². The van der Waals surface area contributed by atoms with Crippen molar-refractivity contribution >= 4 is 22.7 Å². The Kier molecular flexibility index (Phi) is 6.35. The number of hydrogen-bond donors (Lipinski definition) is 1. The van der Waals surface area contributed by atoms with Gasteiger partial charge in [-0.15, -0.1) is 11.8 Å². The second kappa shape index (κ2) is 9.14. The number of fused-ring (bicyclic) bond motifs is 2. The number of nitrogens with one attached hydrogen (secondary N) is 1. The van der Waals surface area contributed by atoms with Crippen molar-refractivity contribution in [2.75, 3.05) is 19.4 Å². The molecule has 3 aromatic rings. The summed E-state index contributed by atoms with van der Waals surface area (Å²) < 4.78 is 13.7. The Morgan fingerprint density at radius 3 is 2.73 bits per heavy atom. The zero-order valence-electron chi connectivity index (χ0n) is 17.7. The van der Waals surface area contributed by atoms with Crippen LogP contribution in [-0.4, -0.2) is 30.1 Å². The number of para-hydroxylation sites is 2. The maximum atomic E-state index is 13.2. The molecule has 2 aromatic carbocycles. The predicted molar refractivity (Wildman–Crippen MR) is 123 cm³/mol. The predicted octanol–water partition coefficient (Wildman–Crippen LogP) is 4.31. The molecule has 0 radical (unpaired) electrons. The van der Waals surface area contributed by atoms with E-state index in [1.807, 2.05) is 34.9 Å². The molecule has 1 aliphatic heterocycles. The van der Waals surface area contributed by atoms with Gasteiger partial charge in [-0.1, -0.05) is 32.0 Å². The van der Waals surface area contributed by atoms with Gasteiger partial charge in [0.05, 0.1) is 5.52 Å². The van der Waals surface area contributed by atoms with E-state index < -0.39 is 0 Å². The molecule has 2 heterocycles. The first-order valence-electron chi connectivity index (χ1n) is 10.3. The van der Waals surface area contributed by atoms with E-state index in [0.717, 1.165) is 28.0 Å². The first-order valence-corrected chi connectivity index (χ1v) is 11.6. The summed E-state index contributed by atoms with van der Waals surface area (Å²) in [5.74, 6) is 1.94. The molecule has 0 unspecified atom stereocenters. The van der Waals surface area contributed by atoms with Crippen LogP contribution < -0.4 is 20.3 Å². The highest BCUT2D eigenvalue weighted by Crippen LogP contribution is 2.30. The monoisotopic (exact) mass is 424 g/mol. The molecule has 0 fully saturated rings. The Hall–Kier alpha value is -2.44. The third-order valence-electron chi connectivity index (χ3n) is 5.18. The molecular formula is C24H28N2O3S. The summed E-state index contributed by atoms with van der Waals surface area (Å²) in [6.07, 6.45) is 1.97. The molecule has 0 spiro atoms. The third kappa shape index (κ3) is 4.50. The molecule has 1 aliphatic rings. The molecular weight excluding hydrogens is 396 g/mol. The fourth-order valence-corrected chi connectivity index (χ4v) is 4.18. The van der Waals surface area contributed by atoms with Crippen LogP contribution in [0.15, 0.2) is 58.2 Å². The number of nitrogens with zero attached hydrogens (tertiary/aromatic N) is 1. The van der Waals surface area contributed by atoms with E-state index in [0.29, 0.717) is 32.2 Å². The van der Waals surface area contributed by atoms with Crippen LogP contribution in [0.3, 0.4) is 0 Å². The Bertz CT molecular complexity index is 1090. The van der Waals surface area contributed by atoms with Crippen molar-refractivity contribution in [1.82, 2.24) is 9.88 Å². The lowest BCUT2D eigenvalue weighted by molar-refractivity contribution is 0.0902. The van der Waals surface area contributed by atoms with Gasteiger partial charge in [-0.25, -0.2) is 0 Å². The average molecular weight is 425 g/mol. The van der Waals surface area contributed by atoms with Crippen molar-refractivity contribution in [3.63, 3.8) is 0 Å². The van der Waals surface area contributed by atoms with E-state index in [2.05, 4.69) is 43.6 Å². The normalized spacial score (nSPS) is 15.7. The number of thioether (sulfide) groups is 1. The van der Waals surface area contributed by atoms with Crippen LogP contribution in [0.5, 0.6) is 11.5 Å². The van der Waals surface area contributed by atoms with Crippen molar-refractivity contribution < 1.29 is 9.47 Å².